The molecule has 0 saturated carbocycles. The average molecular weight is 218 g/mol. The van der Waals surface area contributed by atoms with Gasteiger partial charge in [0, 0.05) is 24.7 Å². The monoisotopic (exact) mass is 218 g/mol. The molecule has 1 aliphatic heterocycles. The molecule has 1 aromatic rings. The summed E-state index contributed by atoms with van der Waals surface area (Å²) in [6.07, 6.45) is 0.465. The number of aryl methyl sites for hydroxylation is 3. The molecule has 1 aliphatic rings. The minimum Gasteiger partial charge on any atom is -0.326 e. The Bertz CT molecular complexity index is 417. The third-order valence-electron chi connectivity index (χ3n) is 3.06. The lowest BCUT2D eigenvalue weighted by molar-refractivity contribution is -0.117. The summed E-state index contributed by atoms with van der Waals surface area (Å²) in [5.74, 6) is 0.141. The third kappa shape index (κ3) is 1.83. The van der Waals surface area contributed by atoms with Crippen molar-refractivity contribution < 1.29 is 4.79 Å². The van der Waals surface area contributed by atoms with Crippen molar-refractivity contribution in [1.82, 2.24) is 0 Å². The molecular weight excluding hydrogens is 200 g/mol. The molecule has 1 atom stereocenters. The number of carbonyl (C=O) groups is 1. The van der Waals surface area contributed by atoms with E-state index in [0.717, 1.165) is 16.8 Å². The summed E-state index contributed by atoms with van der Waals surface area (Å²) in [4.78, 5) is 13.6. The summed E-state index contributed by atoms with van der Waals surface area (Å²) in [5, 5.41) is 0. The van der Waals surface area contributed by atoms with Crippen molar-refractivity contribution in [1.29, 1.82) is 0 Å². The van der Waals surface area contributed by atoms with E-state index in [1.165, 1.54) is 5.56 Å². The fraction of sp³-hybridized carbons (Fsp3) is 0.462. The normalized spacial score (nSPS) is 20.6. The van der Waals surface area contributed by atoms with Crippen LogP contribution in [0.15, 0.2) is 12.1 Å². The van der Waals surface area contributed by atoms with Crippen LogP contribution in [-0.4, -0.2) is 18.5 Å². The Hall–Kier alpha value is -1.35. The lowest BCUT2D eigenvalue weighted by Crippen LogP contribution is -2.29. The minimum absolute atomic E-state index is 0.0207. The Balaban J connectivity index is 2.44. The molecule has 86 valence electrons. The first-order chi connectivity index (χ1) is 7.49. The molecule has 0 radical (unpaired) electrons. The highest BCUT2D eigenvalue weighted by Gasteiger charge is 2.29. The van der Waals surface area contributed by atoms with Crippen LogP contribution >= 0.6 is 0 Å². The van der Waals surface area contributed by atoms with Crippen LogP contribution in [-0.2, 0) is 4.79 Å². The van der Waals surface area contributed by atoms with E-state index in [-0.39, 0.29) is 11.9 Å². The van der Waals surface area contributed by atoms with E-state index < -0.39 is 0 Å². The van der Waals surface area contributed by atoms with Crippen molar-refractivity contribution in [2.75, 3.05) is 11.4 Å². The molecule has 0 bridgehead atoms. The van der Waals surface area contributed by atoms with E-state index in [1.807, 2.05) is 18.7 Å². The van der Waals surface area contributed by atoms with Crippen LogP contribution in [0.1, 0.15) is 23.1 Å². The zero-order chi connectivity index (χ0) is 11.9. The van der Waals surface area contributed by atoms with Crippen LogP contribution in [0, 0.1) is 20.8 Å². The summed E-state index contributed by atoms with van der Waals surface area (Å²) in [5.41, 5.74) is 10.4. The van der Waals surface area contributed by atoms with Crippen LogP contribution in [0.25, 0.3) is 0 Å². The standard InChI is InChI=1S/C13H18N2O/c1-8-4-9(2)13(10(3)5-8)15-7-11(14)6-12(15)16/h4-5,11H,6-7,14H2,1-3H3. The second kappa shape index (κ2) is 3.91. The lowest BCUT2D eigenvalue weighted by Gasteiger charge is -2.21. The zero-order valence-electron chi connectivity index (χ0n) is 10.1. The van der Waals surface area contributed by atoms with Gasteiger partial charge < -0.3 is 10.6 Å². The number of hydrogen-bond donors (Lipinski definition) is 1. The highest BCUT2D eigenvalue weighted by atomic mass is 16.2. The van der Waals surface area contributed by atoms with Gasteiger partial charge in [-0.25, -0.2) is 0 Å². The number of anilines is 1. The molecule has 0 spiro atoms. The van der Waals surface area contributed by atoms with Gasteiger partial charge in [0.2, 0.25) is 5.91 Å². The Morgan fingerprint density at radius 3 is 2.25 bits per heavy atom. The SMILES string of the molecule is Cc1cc(C)c(N2CC(N)CC2=O)c(C)c1. The van der Waals surface area contributed by atoms with Crippen molar-refractivity contribution in [3.63, 3.8) is 0 Å². The van der Waals surface area contributed by atoms with Crippen LogP contribution in [0.3, 0.4) is 0 Å². The first-order valence-corrected chi connectivity index (χ1v) is 5.63. The smallest absolute Gasteiger partial charge is 0.228 e. The van der Waals surface area contributed by atoms with Gasteiger partial charge in [0.25, 0.3) is 0 Å². The van der Waals surface area contributed by atoms with Gasteiger partial charge in [0.15, 0.2) is 0 Å². The maximum atomic E-state index is 11.8. The molecule has 0 aliphatic carbocycles. The van der Waals surface area contributed by atoms with Gasteiger partial charge in [-0.3, -0.25) is 4.79 Å². The molecule has 1 aromatic carbocycles. The second-order valence-corrected chi connectivity index (χ2v) is 4.72. The molecule has 1 amide bonds. The zero-order valence-corrected chi connectivity index (χ0v) is 10.1. The van der Waals surface area contributed by atoms with Crippen molar-refractivity contribution in [2.45, 2.75) is 33.2 Å². The van der Waals surface area contributed by atoms with Crippen LogP contribution in [0.4, 0.5) is 5.69 Å². The molecule has 3 heteroatoms. The summed E-state index contributed by atoms with van der Waals surface area (Å²) in [7, 11) is 0. The maximum absolute atomic E-state index is 11.8. The van der Waals surface area contributed by atoms with Gasteiger partial charge in [-0.2, -0.15) is 0 Å². The van der Waals surface area contributed by atoms with Gasteiger partial charge in [-0.05, 0) is 31.9 Å². The predicted molar refractivity (Wildman–Crippen MR) is 65.6 cm³/mol. The Kier molecular flexibility index (Phi) is 2.72. The largest absolute Gasteiger partial charge is 0.326 e. The van der Waals surface area contributed by atoms with Gasteiger partial charge in [0.05, 0.1) is 0 Å². The molecule has 16 heavy (non-hydrogen) atoms. The van der Waals surface area contributed by atoms with Gasteiger partial charge in [0.1, 0.15) is 0 Å². The number of carbonyl (C=O) groups excluding carboxylic acids is 1. The number of amides is 1. The van der Waals surface area contributed by atoms with E-state index >= 15 is 0 Å². The molecule has 0 aromatic heterocycles. The minimum atomic E-state index is -0.0207. The van der Waals surface area contributed by atoms with Crippen LogP contribution < -0.4 is 10.6 Å². The number of hydrogen-bond acceptors (Lipinski definition) is 2. The molecular formula is C13H18N2O. The average Bonchev–Trinajstić information content (AvgIpc) is 2.43. The Morgan fingerprint density at radius 1 is 1.25 bits per heavy atom. The van der Waals surface area contributed by atoms with E-state index in [0.29, 0.717) is 13.0 Å². The number of nitrogens with two attached hydrogens (primary N) is 1. The fourth-order valence-corrected chi connectivity index (χ4v) is 2.55. The third-order valence-corrected chi connectivity index (χ3v) is 3.06. The van der Waals surface area contributed by atoms with E-state index in [2.05, 4.69) is 19.1 Å². The van der Waals surface area contributed by atoms with Crippen molar-refractivity contribution in [3.8, 4) is 0 Å². The summed E-state index contributed by atoms with van der Waals surface area (Å²) in [6, 6.07) is 4.20. The summed E-state index contributed by atoms with van der Waals surface area (Å²) < 4.78 is 0. The molecule has 2 N–H and O–H groups in total. The second-order valence-electron chi connectivity index (χ2n) is 4.72. The van der Waals surface area contributed by atoms with E-state index in [1.54, 1.807) is 0 Å². The molecule has 3 nitrogen and oxygen atoms in total. The fourth-order valence-electron chi connectivity index (χ4n) is 2.55. The molecule has 1 saturated heterocycles. The number of nitrogens with zero attached hydrogens (tertiary/aromatic N) is 1. The topological polar surface area (TPSA) is 46.3 Å². The van der Waals surface area contributed by atoms with E-state index in [4.69, 9.17) is 5.73 Å². The summed E-state index contributed by atoms with van der Waals surface area (Å²) >= 11 is 0. The van der Waals surface area contributed by atoms with Crippen molar-refractivity contribution >= 4 is 11.6 Å². The highest BCUT2D eigenvalue weighted by molar-refractivity contribution is 5.97. The first-order valence-electron chi connectivity index (χ1n) is 5.63. The highest BCUT2D eigenvalue weighted by Crippen LogP contribution is 2.29. The van der Waals surface area contributed by atoms with Crippen molar-refractivity contribution in [3.05, 3.63) is 28.8 Å². The predicted octanol–water partition coefficient (Wildman–Crippen LogP) is 1.68. The maximum Gasteiger partial charge on any atom is 0.228 e. The molecule has 1 heterocycles. The Labute approximate surface area is 96.2 Å². The van der Waals surface area contributed by atoms with E-state index in [9.17, 15) is 4.79 Å². The van der Waals surface area contributed by atoms with Crippen LogP contribution in [0.5, 0.6) is 0 Å². The Morgan fingerprint density at radius 2 is 1.81 bits per heavy atom. The first kappa shape index (κ1) is 11.1. The number of rotatable bonds is 1. The summed E-state index contributed by atoms with van der Waals surface area (Å²) in [6.45, 7) is 6.81. The van der Waals surface area contributed by atoms with Gasteiger partial charge in [-0.1, -0.05) is 17.7 Å². The quantitative estimate of drug-likeness (QED) is 0.779. The van der Waals surface area contributed by atoms with Gasteiger partial charge >= 0.3 is 0 Å². The molecule has 2 rings (SSSR count). The lowest BCUT2D eigenvalue weighted by atomic mass is 10.0. The van der Waals surface area contributed by atoms with Crippen LogP contribution in [0.2, 0.25) is 0 Å². The number of benzene rings is 1. The molecule has 1 fully saturated rings. The molecule has 1 unspecified atom stereocenters. The van der Waals surface area contributed by atoms with Gasteiger partial charge in [-0.15, -0.1) is 0 Å². The van der Waals surface area contributed by atoms with Crippen molar-refractivity contribution in [2.24, 2.45) is 5.73 Å².